The molecule has 1 aliphatic rings. The van der Waals surface area contributed by atoms with Crippen LogP contribution < -0.4 is 15.5 Å². The van der Waals surface area contributed by atoms with Crippen LogP contribution in [-0.2, 0) is 9.53 Å². The lowest BCUT2D eigenvalue weighted by molar-refractivity contribution is -0.143. The SMILES string of the molecule is CCNC(=NCCCCCCCC(=O)OCC)NC1CCN(c2cccs2)CC1.I. The van der Waals surface area contributed by atoms with E-state index in [0.717, 1.165) is 77.1 Å². The van der Waals surface area contributed by atoms with Gasteiger partial charge in [0.1, 0.15) is 0 Å². The van der Waals surface area contributed by atoms with Gasteiger partial charge in [-0.2, -0.15) is 0 Å². The standard InChI is InChI=1S/C22H38N4O2S.HI/c1-3-23-22(24-15-9-7-5-6-8-12-21(27)28-4-2)25-19-13-16-26(17-14-19)20-11-10-18-29-20;/h10-11,18-19H,3-9,12-17H2,1-2H3,(H2,23,24,25);1H. The van der Waals surface area contributed by atoms with Crippen LogP contribution in [-0.4, -0.2) is 50.8 Å². The zero-order valence-corrected chi connectivity index (χ0v) is 21.7. The molecule has 0 saturated carbocycles. The molecule has 0 unspecified atom stereocenters. The Bertz CT molecular complexity index is 590. The Labute approximate surface area is 203 Å². The third kappa shape index (κ3) is 10.8. The van der Waals surface area contributed by atoms with Gasteiger partial charge in [-0.15, -0.1) is 35.3 Å². The molecular weight excluding hydrogens is 511 g/mol. The number of piperidine rings is 1. The van der Waals surface area contributed by atoms with Gasteiger partial charge >= 0.3 is 5.97 Å². The molecule has 1 aromatic rings. The fraction of sp³-hybridized carbons (Fsp3) is 0.727. The molecular formula is C22H39IN4O2S. The van der Waals surface area contributed by atoms with Gasteiger partial charge in [-0.3, -0.25) is 9.79 Å². The minimum Gasteiger partial charge on any atom is -0.466 e. The van der Waals surface area contributed by atoms with Crippen LogP contribution in [0.3, 0.4) is 0 Å². The van der Waals surface area contributed by atoms with Gasteiger partial charge < -0.3 is 20.3 Å². The van der Waals surface area contributed by atoms with Crippen LogP contribution in [0.4, 0.5) is 5.00 Å². The highest BCUT2D eigenvalue weighted by atomic mass is 127. The second-order valence-corrected chi connectivity index (χ2v) is 8.37. The molecule has 8 heteroatoms. The predicted octanol–water partition coefficient (Wildman–Crippen LogP) is 4.79. The normalized spacial score (nSPS) is 14.9. The van der Waals surface area contributed by atoms with E-state index in [0.29, 0.717) is 19.1 Å². The van der Waals surface area contributed by atoms with Gasteiger partial charge in [-0.1, -0.05) is 19.3 Å². The number of nitrogens with one attached hydrogen (secondary N) is 2. The number of carbonyl (C=O) groups excluding carboxylic acids is 1. The summed E-state index contributed by atoms with van der Waals surface area (Å²) >= 11 is 1.82. The van der Waals surface area contributed by atoms with Crippen molar-refractivity contribution in [3.8, 4) is 0 Å². The number of ether oxygens (including phenoxy) is 1. The zero-order chi connectivity index (χ0) is 20.7. The van der Waals surface area contributed by atoms with Crippen molar-refractivity contribution in [3.05, 3.63) is 17.5 Å². The van der Waals surface area contributed by atoms with Gasteiger partial charge in [0, 0.05) is 38.6 Å². The summed E-state index contributed by atoms with van der Waals surface area (Å²) in [5, 5.41) is 10.5. The van der Waals surface area contributed by atoms with Crippen molar-refractivity contribution < 1.29 is 9.53 Å². The van der Waals surface area contributed by atoms with Gasteiger partial charge in [0.2, 0.25) is 0 Å². The highest BCUT2D eigenvalue weighted by molar-refractivity contribution is 14.0. The first-order chi connectivity index (χ1) is 14.2. The minimum absolute atomic E-state index is 0. The van der Waals surface area contributed by atoms with Crippen LogP contribution in [0.5, 0.6) is 0 Å². The topological polar surface area (TPSA) is 66.0 Å². The molecule has 172 valence electrons. The highest BCUT2D eigenvalue weighted by Gasteiger charge is 2.20. The number of thiophene rings is 1. The lowest BCUT2D eigenvalue weighted by Crippen LogP contribution is -2.48. The molecule has 1 aliphatic heterocycles. The molecule has 1 saturated heterocycles. The Morgan fingerprint density at radius 3 is 2.60 bits per heavy atom. The molecule has 0 bridgehead atoms. The van der Waals surface area contributed by atoms with Gasteiger partial charge in [0.15, 0.2) is 5.96 Å². The lowest BCUT2D eigenvalue weighted by Gasteiger charge is -2.33. The summed E-state index contributed by atoms with van der Waals surface area (Å²) in [7, 11) is 0. The molecule has 0 aromatic carbocycles. The summed E-state index contributed by atoms with van der Waals surface area (Å²) in [5.74, 6) is 0.879. The summed E-state index contributed by atoms with van der Waals surface area (Å²) in [6.45, 7) is 8.37. The maximum absolute atomic E-state index is 11.3. The van der Waals surface area contributed by atoms with Gasteiger partial charge in [-0.05, 0) is 57.0 Å². The number of guanidine groups is 1. The first kappa shape index (κ1) is 27.0. The molecule has 0 amide bonds. The first-order valence-corrected chi connectivity index (χ1v) is 12.1. The minimum atomic E-state index is -0.0697. The van der Waals surface area contributed by atoms with Crippen molar-refractivity contribution in [1.82, 2.24) is 10.6 Å². The Balaban J connectivity index is 0.00000450. The van der Waals surface area contributed by atoms with Gasteiger partial charge in [0.25, 0.3) is 0 Å². The average molecular weight is 551 g/mol. The largest absolute Gasteiger partial charge is 0.466 e. The Hall–Kier alpha value is -1.03. The van der Waals surface area contributed by atoms with E-state index in [9.17, 15) is 4.79 Å². The van der Waals surface area contributed by atoms with Crippen molar-refractivity contribution in [3.63, 3.8) is 0 Å². The number of hydrogen-bond donors (Lipinski definition) is 2. The number of hydrogen-bond acceptors (Lipinski definition) is 5. The van der Waals surface area contributed by atoms with Crippen LogP contribution in [0.15, 0.2) is 22.5 Å². The number of carbonyl (C=O) groups is 1. The summed E-state index contributed by atoms with van der Waals surface area (Å²) < 4.78 is 4.95. The van der Waals surface area contributed by atoms with E-state index in [1.165, 1.54) is 5.00 Å². The lowest BCUT2D eigenvalue weighted by atomic mass is 10.1. The van der Waals surface area contributed by atoms with Crippen LogP contribution in [0.2, 0.25) is 0 Å². The number of nitrogens with zero attached hydrogens (tertiary/aromatic N) is 2. The molecule has 2 heterocycles. The van der Waals surface area contributed by atoms with E-state index < -0.39 is 0 Å². The number of halogens is 1. The second-order valence-electron chi connectivity index (χ2n) is 7.44. The molecule has 2 rings (SSSR count). The summed E-state index contributed by atoms with van der Waals surface area (Å²) in [6, 6.07) is 4.83. The first-order valence-electron chi connectivity index (χ1n) is 11.2. The summed E-state index contributed by atoms with van der Waals surface area (Å²) in [6.07, 6.45) is 8.25. The van der Waals surface area contributed by atoms with E-state index in [1.54, 1.807) is 0 Å². The van der Waals surface area contributed by atoms with Crippen LogP contribution in [0.25, 0.3) is 0 Å². The number of unbranched alkanes of at least 4 members (excludes halogenated alkanes) is 4. The van der Waals surface area contributed by atoms with E-state index >= 15 is 0 Å². The number of anilines is 1. The monoisotopic (exact) mass is 550 g/mol. The second kappa shape index (κ2) is 16.6. The molecule has 6 nitrogen and oxygen atoms in total. The third-order valence-corrected chi connectivity index (χ3v) is 6.04. The fourth-order valence-electron chi connectivity index (χ4n) is 3.54. The molecule has 2 N–H and O–H groups in total. The molecule has 0 spiro atoms. The maximum atomic E-state index is 11.3. The molecule has 0 radical (unpaired) electrons. The fourth-order valence-corrected chi connectivity index (χ4v) is 4.33. The van der Waals surface area contributed by atoms with Crippen molar-refractivity contribution in [2.75, 3.05) is 37.7 Å². The molecule has 0 aliphatic carbocycles. The smallest absolute Gasteiger partial charge is 0.305 e. The van der Waals surface area contributed by atoms with Crippen molar-refractivity contribution >= 4 is 52.2 Å². The van der Waals surface area contributed by atoms with Gasteiger partial charge in [0.05, 0.1) is 11.6 Å². The third-order valence-electron chi connectivity index (χ3n) is 5.11. The number of rotatable bonds is 12. The van der Waals surface area contributed by atoms with Crippen molar-refractivity contribution in [1.29, 1.82) is 0 Å². The van der Waals surface area contributed by atoms with E-state index in [-0.39, 0.29) is 29.9 Å². The predicted molar refractivity (Wildman–Crippen MR) is 138 cm³/mol. The summed E-state index contributed by atoms with van der Waals surface area (Å²) in [4.78, 5) is 18.5. The van der Waals surface area contributed by atoms with E-state index in [1.807, 2.05) is 18.3 Å². The number of esters is 1. The van der Waals surface area contributed by atoms with E-state index in [2.05, 4.69) is 40.0 Å². The zero-order valence-electron chi connectivity index (χ0n) is 18.5. The van der Waals surface area contributed by atoms with Crippen molar-refractivity contribution in [2.45, 2.75) is 71.3 Å². The van der Waals surface area contributed by atoms with Crippen LogP contribution in [0, 0.1) is 0 Å². The quantitative estimate of drug-likeness (QED) is 0.129. The van der Waals surface area contributed by atoms with Gasteiger partial charge in [-0.25, -0.2) is 0 Å². The average Bonchev–Trinajstić information content (AvgIpc) is 3.25. The summed E-state index contributed by atoms with van der Waals surface area (Å²) in [5.41, 5.74) is 0. The molecule has 30 heavy (non-hydrogen) atoms. The van der Waals surface area contributed by atoms with Crippen molar-refractivity contribution in [2.24, 2.45) is 4.99 Å². The maximum Gasteiger partial charge on any atom is 0.305 e. The number of aliphatic imine (C=N–C) groups is 1. The highest BCUT2D eigenvalue weighted by Crippen LogP contribution is 2.24. The Morgan fingerprint density at radius 1 is 1.20 bits per heavy atom. The molecule has 1 fully saturated rings. The van der Waals surface area contributed by atoms with Crippen LogP contribution in [0.1, 0.15) is 65.2 Å². The van der Waals surface area contributed by atoms with E-state index in [4.69, 9.17) is 9.73 Å². The van der Waals surface area contributed by atoms with Crippen LogP contribution >= 0.6 is 35.3 Å². The Morgan fingerprint density at radius 2 is 1.93 bits per heavy atom. The molecule has 1 aromatic heterocycles. The molecule has 0 atom stereocenters. The Kier molecular flexibility index (Phi) is 15.0.